The predicted octanol–water partition coefficient (Wildman–Crippen LogP) is 2.23. The van der Waals surface area contributed by atoms with Crippen LogP contribution in [0, 0.1) is 0 Å². The Labute approximate surface area is 146 Å². The second-order valence-electron chi connectivity index (χ2n) is 4.56. The van der Waals surface area contributed by atoms with Crippen LogP contribution in [0.3, 0.4) is 0 Å². The number of carboxylic acid groups (broad SMARTS) is 1. The van der Waals surface area contributed by atoms with Crippen LogP contribution in [0.4, 0.5) is 0 Å². The Morgan fingerprint density at radius 1 is 1.14 bits per heavy atom. The van der Waals surface area contributed by atoms with Gasteiger partial charge in [0.15, 0.2) is 0 Å². The third-order valence-corrected chi connectivity index (χ3v) is 4.14. The van der Waals surface area contributed by atoms with E-state index in [2.05, 4.69) is 0 Å². The normalized spacial score (nSPS) is 12.0. The second kappa shape index (κ2) is 6.19. The largest absolute Gasteiger partial charge is 2.00 e. The van der Waals surface area contributed by atoms with E-state index in [4.69, 9.17) is 9.52 Å². The number of hydrogen-bond acceptors (Lipinski definition) is 4. The molecule has 0 saturated carbocycles. The molecule has 1 heterocycles. The second-order valence-corrected chi connectivity index (χ2v) is 5.94. The molecule has 0 aliphatic carbocycles. The van der Waals surface area contributed by atoms with Crippen LogP contribution >= 0.6 is 0 Å². The van der Waals surface area contributed by atoms with Crippen molar-refractivity contribution in [1.82, 2.24) is 0 Å². The number of aromatic carboxylic acids is 1. The molecule has 0 aliphatic rings. The molecule has 0 radical (unpaired) electrons. The van der Waals surface area contributed by atoms with Crippen molar-refractivity contribution in [2.45, 2.75) is 4.90 Å². The monoisotopic (exact) mass is 328 g/mol. The third kappa shape index (κ3) is 2.79. The first-order chi connectivity index (χ1) is 9.97. The van der Waals surface area contributed by atoms with Crippen molar-refractivity contribution in [1.29, 1.82) is 0 Å². The summed E-state index contributed by atoms with van der Waals surface area (Å²) in [6, 6.07) is 8.84. The Morgan fingerprint density at radius 2 is 1.86 bits per heavy atom. The summed E-state index contributed by atoms with van der Waals surface area (Å²) in [7, 11) is -1.17. The first-order valence-electron chi connectivity index (χ1n) is 6.05. The van der Waals surface area contributed by atoms with E-state index < -0.39 is 16.8 Å². The van der Waals surface area contributed by atoms with E-state index in [-0.39, 0.29) is 42.3 Å². The Morgan fingerprint density at radius 3 is 2.50 bits per heavy atom. The summed E-state index contributed by atoms with van der Waals surface area (Å²) in [6.45, 7) is 0. The van der Waals surface area contributed by atoms with Gasteiger partial charge in [-0.2, -0.15) is 0 Å². The maximum absolute atomic E-state index is 12.4. The first kappa shape index (κ1) is 16.7. The van der Waals surface area contributed by atoms with E-state index >= 15 is 0 Å². The zero-order valence-electron chi connectivity index (χ0n) is 13.7. The van der Waals surface area contributed by atoms with Crippen LogP contribution in [0.1, 0.15) is 13.2 Å². The SMILES string of the molecule is CS(=O)c1ccc2c(=O)c3cc(C(=O)O)ccc3oc2c1.[H-].[H-].[Mg+2]. The van der Waals surface area contributed by atoms with Gasteiger partial charge in [-0.3, -0.25) is 9.00 Å². The summed E-state index contributed by atoms with van der Waals surface area (Å²) >= 11 is 0. The van der Waals surface area contributed by atoms with Gasteiger partial charge in [-0.15, -0.1) is 0 Å². The molecule has 3 rings (SSSR count). The molecule has 7 heteroatoms. The fraction of sp³-hybridized carbons (Fsp3) is 0.0667. The van der Waals surface area contributed by atoms with E-state index in [1.807, 2.05) is 0 Å². The molecule has 1 N–H and O–H groups in total. The van der Waals surface area contributed by atoms with Gasteiger partial charge in [-0.05, 0) is 36.4 Å². The van der Waals surface area contributed by atoms with Crippen LogP contribution in [0.5, 0.6) is 0 Å². The molecule has 1 aromatic heterocycles. The molecule has 5 nitrogen and oxygen atoms in total. The maximum Gasteiger partial charge on any atom is 2.00 e. The molecule has 0 bridgehead atoms. The van der Waals surface area contributed by atoms with Crippen LogP contribution in [0.25, 0.3) is 21.9 Å². The number of hydrogen-bond donors (Lipinski definition) is 1. The van der Waals surface area contributed by atoms with E-state index in [0.29, 0.717) is 21.4 Å². The number of carboxylic acids is 1. The smallest absolute Gasteiger partial charge is 1.00 e. The van der Waals surface area contributed by atoms with Crippen LogP contribution in [-0.2, 0) is 10.8 Å². The summed E-state index contributed by atoms with van der Waals surface area (Å²) in [5.41, 5.74) is 0.364. The quantitative estimate of drug-likeness (QED) is 0.576. The summed E-state index contributed by atoms with van der Waals surface area (Å²) < 4.78 is 17.1. The zero-order chi connectivity index (χ0) is 15.1. The molecule has 0 fully saturated rings. The van der Waals surface area contributed by atoms with E-state index in [1.54, 1.807) is 24.5 Å². The Hall–Kier alpha value is -1.70. The molecule has 0 amide bonds. The van der Waals surface area contributed by atoms with Gasteiger partial charge >= 0.3 is 29.0 Å². The Kier molecular flexibility index (Phi) is 4.69. The minimum Gasteiger partial charge on any atom is -1.00 e. The molecular weight excluding hydrogens is 317 g/mol. The molecule has 22 heavy (non-hydrogen) atoms. The first-order valence-corrected chi connectivity index (χ1v) is 7.60. The van der Waals surface area contributed by atoms with Gasteiger partial charge in [0.05, 0.1) is 16.3 Å². The Balaban J connectivity index is 0.00000176. The van der Waals surface area contributed by atoms with Gasteiger partial charge in [0, 0.05) is 22.0 Å². The minimum atomic E-state index is -1.17. The summed E-state index contributed by atoms with van der Waals surface area (Å²) in [5, 5.41) is 9.53. The molecule has 1 atom stereocenters. The molecule has 2 aromatic carbocycles. The number of fused-ring (bicyclic) bond motifs is 2. The van der Waals surface area contributed by atoms with Crippen molar-refractivity contribution < 1.29 is 21.4 Å². The van der Waals surface area contributed by atoms with Crippen molar-refractivity contribution in [3.05, 3.63) is 52.2 Å². The van der Waals surface area contributed by atoms with Crippen molar-refractivity contribution in [3.8, 4) is 0 Å². The van der Waals surface area contributed by atoms with Gasteiger partial charge in [0.2, 0.25) is 5.43 Å². The maximum atomic E-state index is 12.4. The minimum absolute atomic E-state index is 0. The predicted molar refractivity (Wildman–Crippen MR) is 87.3 cm³/mol. The number of rotatable bonds is 2. The topological polar surface area (TPSA) is 84.6 Å². The van der Waals surface area contributed by atoms with Gasteiger partial charge < -0.3 is 12.4 Å². The fourth-order valence-electron chi connectivity index (χ4n) is 2.15. The number of benzene rings is 2. The van der Waals surface area contributed by atoms with Crippen molar-refractivity contribution in [2.75, 3.05) is 6.26 Å². The van der Waals surface area contributed by atoms with Crippen LogP contribution in [0.15, 0.2) is 50.5 Å². The van der Waals surface area contributed by atoms with Crippen LogP contribution < -0.4 is 5.43 Å². The average Bonchev–Trinajstić information content (AvgIpc) is 2.46. The van der Waals surface area contributed by atoms with E-state index in [9.17, 15) is 13.8 Å². The van der Waals surface area contributed by atoms with E-state index in [1.165, 1.54) is 18.2 Å². The van der Waals surface area contributed by atoms with Crippen LogP contribution in [-0.4, -0.2) is 44.6 Å². The molecule has 110 valence electrons. The fourth-order valence-corrected chi connectivity index (χ4v) is 2.68. The van der Waals surface area contributed by atoms with Crippen molar-refractivity contribution >= 4 is 61.8 Å². The van der Waals surface area contributed by atoms with Gasteiger partial charge in [0.1, 0.15) is 11.2 Å². The molecule has 1 unspecified atom stereocenters. The Bertz CT molecular complexity index is 987. The van der Waals surface area contributed by atoms with Gasteiger partial charge in [-0.1, -0.05) is 0 Å². The molecule has 0 aliphatic heterocycles. The van der Waals surface area contributed by atoms with Gasteiger partial charge in [-0.25, -0.2) is 4.79 Å². The molecule has 3 aromatic rings. The molecule has 0 saturated heterocycles. The van der Waals surface area contributed by atoms with Crippen molar-refractivity contribution in [2.24, 2.45) is 0 Å². The summed E-state index contributed by atoms with van der Waals surface area (Å²) in [5.74, 6) is -1.10. The average molecular weight is 329 g/mol. The van der Waals surface area contributed by atoms with Crippen molar-refractivity contribution in [3.63, 3.8) is 0 Å². The summed E-state index contributed by atoms with van der Waals surface area (Å²) in [4.78, 5) is 23.9. The summed E-state index contributed by atoms with van der Waals surface area (Å²) in [6.07, 6.45) is 1.54. The third-order valence-electron chi connectivity index (χ3n) is 3.22. The zero-order valence-corrected chi connectivity index (χ0v) is 13.9. The number of carbonyl (C=O) groups is 1. The standard InChI is InChI=1S/C15H10O5S.Mg.2H/c1-21(19)9-3-4-10-13(7-9)20-12-5-2-8(15(17)18)6-11(12)14(10)16;;;/h2-7H,1H3,(H,17,18);;;/q;+2;2*-1. The van der Waals surface area contributed by atoms with E-state index in [0.717, 1.165) is 0 Å². The van der Waals surface area contributed by atoms with Gasteiger partial charge in [0.25, 0.3) is 0 Å². The molecule has 0 spiro atoms. The van der Waals surface area contributed by atoms with Crippen LogP contribution in [0.2, 0.25) is 0 Å². The molecular formula is C15H12MgO5S.